The zero-order chi connectivity index (χ0) is 14.4. The highest BCUT2D eigenvalue weighted by molar-refractivity contribution is 7.15. The smallest absolute Gasteiger partial charge is 0.245 e. The van der Waals surface area contributed by atoms with E-state index in [-0.39, 0.29) is 24.3 Å². The summed E-state index contributed by atoms with van der Waals surface area (Å²) in [5, 5.41) is 3.30. The van der Waals surface area contributed by atoms with Gasteiger partial charge in [-0.3, -0.25) is 9.59 Å². The van der Waals surface area contributed by atoms with Crippen molar-refractivity contribution in [1.82, 2.24) is 9.88 Å². The van der Waals surface area contributed by atoms with Crippen LogP contribution in [0.5, 0.6) is 0 Å². The average molecular weight is 283 g/mol. The number of hydrogen-bond acceptors (Lipinski definition) is 4. The van der Waals surface area contributed by atoms with Gasteiger partial charge in [0.25, 0.3) is 0 Å². The first-order chi connectivity index (χ1) is 8.93. The Balaban J connectivity index is 2.58. The summed E-state index contributed by atoms with van der Waals surface area (Å²) < 4.78 is 0. The molecule has 0 unspecified atom stereocenters. The molecule has 2 amide bonds. The predicted octanol–water partition coefficient (Wildman–Crippen LogP) is 2.28. The monoisotopic (exact) mass is 283 g/mol. The van der Waals surface area contributed by atoms with Crippen molar-refractivity contribution in [2.24, 2.45) is 5.92 Å². The highest BCUT2D eigenvalue weighted by Gasteiger charge is 2.19. The highest BCUT2D eigenvalue weighted by atomic mass is 32.1. The molecule has 0 aliphatic rings. The third kappa shape index (κ3) is 4.98. The van der Waals surface area contributed by atoms with Crippen LogP contribution in [0, 0.1) is 12.8 Å². The lowest BCUT2D eigenvalue weighted by molar-refractivity contribution is -0.137. The van der Waals surface area contributed by atoms with Crippen LogP contribution in [0.25, 0.3) is 0 Å². The van der Waals surface area contributed by atoms with E-state index in [1.54, 1.807) is 11.1 Å². The molecule has 0 aliphatic carbocycles. The zero-order valence-corrected chi connectivity index (χ0v) is 12.7. The van der Waals surface area contributed by atoms with Crippen LogP contribution in [0.15, 0.2) is 6.20 Å². The maximum atomic E-state index is 12.0. The fourth-order valence-corrected chi connectivity index (χ4v) is 2.33. The molecule has 106 valence electrons. The van der Waals surface area contributed by atoms with Gasteiger partial charge in [0.1, 0.15) is 0 Å². The number of carbonyl (C=O) groups excluding carboxylic acids is 2. The van der Waals surface area contributed by atoms with Crippen LogP contribution in [0.4, 0.5) is 5.13 Å². The lowest BCUT2D eigenvalue weighted by Gasteiger charge is -2.23. The highest BCUT2D eigenvalue weighted by Crippen LogP contribution is 2.16. The summed E-state index contributed by atoms with van der Waals surface area (Å²) in [6, 6.07) is 0. The van der Waals surface area contributed by atoms with E-state index in [1.807, 2.05) is 27.7 Å². The number of hydrogen-bond donors (Lipinski definition) is 1. The van der Waals surface area contributed by atoms with E-state index in [0.717, 1.165) is 11.3 Å². The Morgan fingerprint density at radius 1 is 1.47 bits per heavy atom. The Bertz CT molecular complexity index is 443. The number of aromatic nitrogens is 1. The fourth-order valence-electron chi connectivity index (χ4n) is 1.65. The number of aryl methyl sites for hydroxylation is 1. The molecule has 19 heavy (non-hydrogen) atoms. The fraction of sp³-hybridized carbons (Fsp3) is 0.615. The maximum Gasteiger partial charge on any atom is 0.245 e. The summed E-state index contributed by atoms with van der Waals surface area (Å²) in [4.78, 5) is 30.6. The van der Waals surface area contributed by atoms with Crippen molar-refractivity contribution in [2.45, 2.75) is 34.1 Å². The lowest BCUT2D eigenvalue weighted by Crippen LogP contribution is -2.40. The second-order valence-electron chi connectivity index (χ2n) is 4.74. The quantitative estimate of drug-likeness (QED) is 0.871. The van der Waals surface area contributed by atoms with Gasteiger partial charge in [0.15, 0.2) is 5.13 Å². The first-order valence-corrected chi connectivity index (χ1v) is 7.26. The van der Waals surface area contributed by atoms with Crippen LogP contribution in [-0.4, -0.2) is 34.8 Å². The molecule has 0 bridgehead atoms. The SMILES string of the molecule is CCCN(CC(=O)Nc1ncc(C)s1)C(=O)C(C)C. The van der Waals surface area contributed by atoms with Crippen molar-refractivity contribution >= 4 is 28.3 Å². The van der Waals surface area contributed by atoms with Gasteiger partial charge < -0.3 is 10.2 Å². The van der Waals surface area contributed by atoms with Gasteiger partial charge in [-0.15, -0.1) is 11.3 Å². The van der Waals surface area contributed by atoms with Crippen molar-refractivity contribution in [3.8, 4) is 0 Å². The van der Waals surface area contributed by atoms with Gasteiger partial charge >= 0.3 is 0 Å². The Kier molecular flexibility index (Phi) is 5.95. The molecule has 6 heteroatoms. The first kappa shape index (κ1) is 15.6. The molecule has 0 aliphatic heterocycles. The molecule has 5 nitrogen and oxygen atoms in total. The standard InChI is InChI=1S/C13H21N3O2S/c1-5-6-16(12(18)9(2)3)8-11(17)15-13-14-7-10(4)19-13/h7,9H,5-6,8H2,1-4H3,(H,14,15,17). The van der Waals surface area contributed by atoms with Gasteiger partial charge in [0.05, 0.1) is 6.54 Å². The second kappa shape index (κ2) is 7.23. The molecule has 0 saturated heterocycles. The Morgan fingerprint density at radius 2 is 2.16 bits per heavy atom. The Labute approximate surface area is 118 Å². The van der Waals surface area contributed by atoms with Crippen molar-refractivity contribution in [2.75, 3.05) is 18.4 Å². The van der Waals surface area contributed by atoms with Crippen LogP contribution < -0.4 is 5.32 Å². The molecule has 0 spiro atoms. The summed E-state index contributed by atoms with van der Waals surface area (Å²) >= 11 is 1.42. The van der Waals surface area contributed by atoms with Crippen LogP contribution >= 0.6 is 11.3 Å². The summed E-state index contributed by atoms with van der Waals surface area (Å²) in [5.74, 6) is -0.287. The molecule has 1 N–H and O–H groups in total. The van der Waals surface area contributed by atoms with Crippen molar-refractivity contribution in [3.05, 3.63) is 11.1 Å². The molecular weight excluding hydrogens is 262 g/mol. The molecule has 0 saturated carbocycles. The largest absolute Gasteiger partial charge is 0.333 e. The van der Waals surface area contributed by atoms with E-state index in [4.69, 9.17) is 0 Å². The van der Waals surface area contributed by atoms with Crippen LogP contribution in [-0.2, 0) is 9.59 Å². The van der Waals surface area contributed by atoms with Crippen molar-refractivity contribution < 1.29 is 9.59 Å². The Morgan fingerprint density at radius 3 is 2.63 bits per heavy atom. The van der Waals surface area contributed by atoms with E-state index in [9.17, 15) is 9.59 Å². The van der Waals surface area contributed by atoms with Crippen molar-refractivity contribution in [1.29, 1.82) is 0 Å². The maximum absolute atomic E-state index is 12.0. The predicted molar refractivity (Wildman–Crippen MR) is 77.2 cm³/mol. The molecule has 0 atom stereocenters. The molecule has 0 fully saturated rings. The van der Waals surface area contributed by atoms with Gasteiger partial charge in [-0.25, -0.2) is 4.98 Å². The van der Waals surface area contributed by atoms with Gasteiger partial charge in [-0.05, 0) is 13.3 Å². The molecular formula is C13H21N3O2S. The van der Waals surface area contributed by atoms with Gasteiger partial charge in [-0.2, -0.15) is 0 Å². The summed E-state index contributed by atoms with van der Waals surface area (Å²) in [5.41, 5.74) is 0. The summed E-state index contributed by atoms with van der Waals surface area (Å²) in [6.07, 6.45) is 2.55. The molecule has 1 heterocycles. The van der Waals surface area contributed by atoms with Gasteiger partial charge in [-0.1, -0.05) is 20.8 Å². The Hall–Kier alpha value is -1.43. The van der Waals surface area contributed by atoms with E-state index in [0.29, 0.717) is 11.7 Å². The minimum Gasteiger partial charge on any atom is -0.333 e. The van der Waals surface area contributed by atoms with Crippen LogP contribution in [0.1, 0.15) is 32.1 Å². The average Bonchev–Trinajstić information content (AvgIpc) is 2.73. The minimum atomic E-state index is -0.197. The van der Waals surface area contributed by atoms with E-state index < -0.39 is 0 Å². The van der Waals surface area contributed by atoms with Crippen molar-refractivity contribution in [3.63, 3.8) is 0 Å². The minimum absolute atomic E-state index is 0.00678. The van der Waals surface area contributed by atoms with E-state index >= 15 is 0 Å². The number of carbonyl (C=O) groups is 2. The number of nitrogens with zero attached hydrogens (tertiary/aromatic N) is 2. The number of rotatable bonds is 6. The first-order valence-electron chi connectivity index (χ1n) is 6.45. The normalized spacial score (nSPS) is 10.6. The number of amides is 2. The third-order valence-corrected chi connectivity index (χ3v) is 3.33. The second-order valence-corrected chi connectivity index (χ2v) is 5.97. The van der Waals surface area contributed by atoms with E-state index in [2.05, 4.69) is 10.3 Å². The summed E-state index contributed by atoms with van der Waals surface area (Å²) in [6.45, 7) is 8.28. The van der Waals surface area contributed by atoms with E-state index in [1.165, 1.54) is 11.3 Å². The van der Waals surface area contributed by atoms with Gasteiger partial charge in [0, 0.05) is 23.5 Å². The number of nitrogens with one attached hydrogen (secondary N) is 1. The third-order valence-electron chi connectivity index (χ3n) is 2.50. The molecule has 0 aromatic carbocycles. The van der Waals surface area contributed by atoms with Crippen LogP contribution in [0.2, 0.25) is 0 Å². The number of anilines is 1. The molecule has 1 aromatic rings. The lowest BCUT2D eigenvalue weighted by atomic mass is 10.2. The van der Waals surface area contributed by atoms with Crippen LogP contribution in [0.3, 0.4) is 0 Å². The zero-order valence-electron chi connectivity index (χ0n) is 11.9. The van der Waals surface area contributed by atoms with Gasteiger partial charge in [0.2, 0.25) is 11.8 Å². The topological polar surface area (TPSA) is 62.3 Å². The molecule has 1 rings (SSSR count). The molecule has 1 aromatic heterocycles. The number of thiazole rings is 1. The summed E-state index contributed by atoms with van der Waals surface area (Å²) in [7, 11) is 0. The molecule has 0 radical (unpaired) electrons.